The van der Waals surface area contributed by atoms with Crippen molar-refractivity contribution in [2.45, 2.75) is 0 Å². The van der Waals surface area contributed by atoms with Crippen LogP contribution in [0, 0.1) is 0 Å². The first kappa shape index (κ1) is 28.5. The molecule has 0 unspecified atom stereocenters. The normalized spacial score (nSPS) is 12.2. The van der Waals surface area contributed by atoms with Crippen LogP contribution in [-0.4, -0.2) is 19.1 Å². The van der Waals surface area contributed by atoms with E-state index in [9.17, 15) is 0 Å². The van der Waals surface area contributed by atoms with Crippen molar-refractivity contribution in [3.05, 3.63) is 170 Å². The molecule has 0 aliphatic rings. The van der Waals surface area contributed by atoms with Gasteiger partial charge in [0, 0.05) is 49.0 Å². The molecule has 12 aromatic rings. The van der Waals surface area contributed by atoms with E-state index >= 15 is 0 Å². The number of nitrogens with zero attached hydrogens (tertiary/aromatic N) is 4. The summed E-state index contributed by atoms with van der Waals surface area (Å²) in [6.45, 7) is 0. The minimum absolute atomic E-state index is 0.621. The first-order chi connectivity index (χ1) is 26.3. The van der Waals surface area contributed by atoms with E-state index in [-0.39, 0.29) is 0 Å². The monoisotopic (exact) mass is 676 g/mol. The quantitative estimate of drug-likeness (QED) is 0.187. The topological polar surface area (TPSA) is 48.8 Å². The number of rotatable bonds is 3. The summed E-state index contributed by atoms with van der Waals surface area (Å²) in [5.74, 6) is 0.621. The summed E-state index contributed by atoms with van der Waals surface area (Å²) >= 11 is 0. The van der Waals surface area contributed by atoms with Gasteiger partial charge in [-0.1, -0.05) is 127 Å². The van der Waals surface area contributed by atoms with Crippen LogP contribution in [0.2, 0.25) is 0 Å². The SMILES string of the molecule is c1ccc(-n2c3ccccc3c3c4ccccc4c4c5ccccc5n(-c5nc(-c6cccc7oc8ccccc8c67)c6ccccc6n5)c4c32)cc1. The van der Waals surface area contributed by atoms with Crippen LogP contribution in [0.4, 0.5) is 0 Å². The molecular formula is C48H28N4O. The molecule has 0 saturated carbocycles. The number of hydrogen-bond acceptors (Lipinski definition) is 3. The third-order valence-electron chi connectivity index (χ3n) is 10.9. The van der Waals surface area contributed by atoms with Gasteiger partial charge < -0.3 is 8.98 Å². The van der Waals surface area contributed by atoms with E-state index in [2.05, 4.69) is 161 Å². The molecule has 0 atom stereocenters. The molecule has 0 amide bonds. The average molecular weight is 677 g/mol. The number of hydrogen-bond donors (Lipinski definition) is 0. The fourth-order valence-electron chi connectivity index (χ4n) is 8.79. The van der Waals surface area contributed by atoms with Gasteiger partial charge in [-0.05, 0) is 53.2 Å². The van der Waals surface area contributed by atoms with Crippen molar-refractivity contribution in [2.75, 3.05) is 0 Å². The number of benzene rings is 8. The Morgan fingerprint density at radius 2 is 0.925 bits per heavy atom. The average Bonchev–Trinajstić information content (AvgIpc) is 3.89. The molecule has 8 aromatic carbocycles. The summed E-state index contributed by atoms with van der Waals surface area (Å²) in [6, 6.07) is 59.8. The highest BCUT2D eigenvalue weighted by molar-refractivity contribution is 6.36. The van der Waals surface area contributed by atoms with Crippen LogP contribution < -0.4 is 0 Å². The Morgan fingerprint density at radius 1 is 0.377 bits per heavy atom. The van der Waals surface area contributed by atoms with Gasteiger partial charge in [-0.25, -0.2) is 9.97 Å². The van der Waals surface area contributed by atoms with Gasteiger partial charge in [0.05, 0.1) is 33.3 Å². The molecule has 0 saturated heterocycles. The van der Waals surface area contributed by atoms with Crippen molar-refractivity contribution in [3.63, 3.8) is 0 Å². The zero-order valence-electron chi connectivity index (χ0n) is 28.4. The van der Waals surface area contributed by atoms with E-state index in [0.29, 0.717) is 5.95 Å². The highest BCUT2D eigenvalue weighted by Crippen LogP contribution is 2.47. The maximum Gasteiger partial charge on any atom is 0.235 e. The van der Waals surface area contributed by atoms with Crippen LogP contribution in [0.3, 0.4) is 0 Å². The Balaban J connectivity index is 1.32. The van der Waals surface area contributed by atoms with Gasteiger partial charge in [-0.2, -0.15) is 0 Å². The second-order valence-corrected chi connectivity index (χ2v) is 13.7. The lowest BCUT2D eigenvalue weighted by molar-refractivity contribution is 0.669. The van der Waals surface area contributed by atoms with E-state index in [0.717, 1.165) is 77.2 Å². The van der Waals surface area contributed by atoms with Gasteiger partial charge in [-0.15, -0.1) is 0 Å². The van der Waals surface area contributed by atoms with Crippen LogP contribution in [-0.2, 0) is 0 Å². The third kappa shape index (κ3) is 3.85. The van der Waals surface area contributed by atoms with E-state index in [4.69, 9.17) is 14.4 Å². The Morgan fingerprint density at radius 3 is 1.66 bits per heavy atom. The van der Waals surface area contributed by atoms with Crippen molar-refractivity contribution < 1.29 is 4.42 Å². The number of aromatic nitrogens is 4. The van der Waals surface area contributed by atoms with Gasteiger partial charge in [-0.3, -0.25) is 4.57 Å². The molecule has 53 heavy (non-hydrogen) atoms. The summed E-state index contributed by atoms with van der Waals surface area (Å²) < 4.78 is 11.1. The predicted octanol–water partition coefficient (Wildman–Crippen LogP) is 12.5. The zero-order chi connectivity index (χ0) is 34.6. The minimum atomic E-state index is 0.621. The summed E-state index contributed by atoms with van der Waals surface area (Å²) in [7, 11) is 0. The first-order valence-corrected chi connectivity index (χ1v) is 17.9. The maximum atomic E-state index is 6.37. The summed E-state index contributed by atoms with van der Waals surface area (Å²) in [5.41, 5.74) is 9.98. The fourth-order valence-corrected chi connectivity index (χ4v) is 8.79. The second-order valence-electron chi connectivity index (χ2n) is 13.7. The Kier molecular flexibility index (Phi) is 5.71. The van der Waals surface area contributed by atoms with Crippen molar-refractivity contribution in [3.8, 4) is 22.9 Å². The van der Waals surface area contributed by atoms with E-state index in [1.165, 1.54) is 26.9 Å². The maximum absolute atomic E-state index is 6.37. The molecule has 5 heteroatoms. The van der Waals surface area contributed by atoms with Crippen LogP contribution in [0.25, 0.3) is 110 Å². The van der Waals surface area contributed by atoms with Gasteiger partial charge >= 0.3 is 0 Å². The number of fused-ring (bicyclic) bond motifs is 14. The molecular weight excluding hydrogens is 649 g/mol. The molecule has 4 aromatic heterocycles. The molecule has 0 aliphatic heterocycles. The first-order valence-electron chi connectivity index (χ1n) is 17.9. The van der Waals surface area contributed by atoms with Crippen LogP contribution in [0.1, 0.15) is 0 Å². The fraction of sp³-hybridized carbons (Fsp3) is 0. The predicted molar refractivity (Wildman–Crippen MR) is 218 cm³/mol. The van der Waals surface area contributed by atoms with Crippen molar-refractivity contribution >= 4 is 87.2 Å². The van der Waals surface area contributed by atoms with Crippen LogP contribution in [0.15, 0.2) is 174 Å². The molecule has 0 spiro atoms. The smallest absolute Gasteiger partial charge is 0.235 e. The lowest BCUT2D eigenvalue weighted by Gasteiger charge is -2.15. The van der Waals surface area contributed by atoms with Gasteiger partial charge in [0.15, 0.2) is 0 Å². The Hall–Kier alpha value is -7.24. The highest BCUT2D eigenvalue weighted by atomic mass is 16.3. The molecule has 0 fully saturated rings. The molecule has 12 rings (SSSR count). The largest absolute Gasteiger partial charge is 0.456 e. The van der Waals surface area contributed by atoms with Crippen molar-refractivity contribution in [1.82, 2.24) is 19.1 Å². The molecule has 5 nitrogen and oxygen atoms in total. The molecule has 0 N–H and O–H groups in total. The minimum Gasteiger partial charge on any atom is -0.456 e. The summed E-state index contributed by atoms with van der Waals surface area (Å²) in [4.78, 5) is 11.0. The van der Waals surface area contributed by atoms with E-state index in [1.54, 1.807) is 0 Å². The molecule has 0 bridgehead atoms. The lowest BCUT2D eigenvalue weighted by Crippen LogP contribution is -2.05. The van der Waals surface area contributed by atoms with E-state index in [1.807, 2.05) is 18.2 Å². The van der Waals surface area contributed by atoms with Crippen molar-refractivity contribution in [1.29, 1.82) is 0 Å². The molecule has 0 aliphatic carbocycles. The van der Waals surface area contributed by atoms with E-state index < -0.39 is 0 Å². The third-order valence-corrected chi connectivity index (χ3v) is 10.9. The van der Waals surface area contributed by atoms with Crippen LogP contribution in [0.5, 0.6) is 0 Å². The second kappa shape index (κ2) is 10.6. The zero-order valence-corrected chi connectivity index (χ0v) is 28.4. The number of para-hydroxylation sites is 5. The van der Waals surface area contributed by atoms with Crippen LogP contribution >= 0.6 is 0 Å². The number of furan rings is 1. The summed E-state index contributed by atoms with van der Waals surface area (Å²) in [5, 5.41) is 10.3. The summed E-state index contributed by atoms with van der Waals surface area (Å²) in [6.07, 6.45) is 0. The van der Waals surface area contributed by atoms with Crippen molar-refractivity contribution in [2.24, 2.45) is 0 Å². The van der Waals surface area contributed by atoms with Gasteiger partial charge in [0.25, 0.3) is 0 Å². The van der Waals surface area contributed by atoms with Gasteiger partial charge in [0.1, 0.15) is 11.2 Å². The standard InChI is InChI=1S/C48H28N4O/c1-2-15-29(16-3-1)51-38-25-11-7-20-33(38)43-30-17-4-5-18-31(30)44-34-21-8-12-26-39(34)52(47(44)46(43)51)48-49-37-24-10-6-19-32(37)45(50-48)36-23-14-28-41-42(36)35-22-9-13-27-40(35)53-41/h1-28H. The Labute approximate surface area is 302 Å². The highest BCUT2D eigenvalue weighted by Gasteiger charge is 2.26. The molecule has 4 heterocycles. The molecule has 0 radical (unpaired) electrons. The van der Waals surface area contributed by atoms with Gasteiger partial charge in [0.2, 0.25) is 5.95 Å². The lowest BCUT2D eigenvalue weighted by atomic mass is 9.98. The molecule has 246 valence electrons. The Bertz CT molecular complexity index is 3460.